The number of ketones is 1. The molecule has 1 aliphatic heterocycles. The number of nitrogens with zero attached hydrogens (tertiary/aromatic N) is 2. The molecule has 2 heterocycles. The van der Waals surface area contributed by atoms with Crippen LogP contribution in [0.4, 0.5) is 5.69 Å². The lowest BCUT2D eigenvalue weighted by molar-refractivity contribution is 0.0925. The number of hydrogen-bond donors (Lipinski definition) is 0. The highest BCUT2D eigenvalue weighted by Gasteiger charge is 2.40. The van der Waals surface area contributed by atoms with Crippen molar-refractivity contribution < 1.29 is 14.4 Å². The van der Waals surface area contributed by atoms with Gasteiger partial charge < -0.3 is 4.57 Å². The molecule has 0 aliphatic carbocycles. The molecule has 0 radical (unpaired) electrons. The maximum Gasteiger partial charge on any atom is 0.268 e. The number of aromatic nitrogens is 1. The van der Waals surface area contributed by atoms with Gasteiger partial charge in [-0.1, -0.05) is 115 Å². The van der Waals surface area contributed by atoms with Gasteiger partial charge in [-0.25, -0.2) is 4.90 Å². The molecular weight excluding hydrogens is 544 g/mol. The van der Waals surface area contributed by atoms with Gasteiger partial charge in [0.1, 0.15) is 0 Å². The summed E-state index contributed by atoms with van der Waals surface area (Å²) in [6.07, 6.45) is 0. The largest absolute Gasteiger partial charge is 0.308 e. The third kappa shape index (κ3) is 3.76. The van der Waals surface area contributed by atoms with Crippen LogP contribution in [0.15, 0.2) is 146 Å². The van der Waals surface area contributed by atoms with E-state index in [1.54, 1.807) is 6.07 Å². The molecule has 5 nitrogen and oxygen atoms in total. The Morgan fingerprint density at radius 3 is 1.93 bits per heavy atom. The summed E-state index contributed by atoms with van der Waals surface area (Å²) in [5.74, 6) is -0.824. The van der Waals surface area contributed by atoms with Crippen LogP contribution in [0, 0.1) is 0 Å². The second-order valence-electron chi connectivity index (χ2n) is 10.8. The molecule has 0 N–H and O–H groups in total. The standard InChI is InChI=1S/C39H24N2O3/c42-37(26-15-5-2-6-16-26)29-19-11-23-33-35(29)28-18-8-10-22-32(28)40(33)34-24-12-20-30-36(34)39(44)41(38(30)43)31-21-9-7-17-27(31)25-13-3-1-4-14-25/h1-24H. The van der Waals surface area contributed by atoms with Gasteiger partial charge in [0.05, 0.1) is 33.5 Å². The quantitative estimate of drug-likeness (QED) is 0.155. The van der Waals surface area contributed by atoms with Crippen molar-refractivity contribution in [3.05, 3.63) is 168 Å². The second kappa shape index (κ2) is 10.0. The van der Waals surface area contributed by atoms with Crippen molar-refractivity contribution in [2.24, 2.45) is 0 Å². The van der Waals surface area contributed by atoms with Gasteiger partial charge in [0, 0.05) is 27.5 Å². The van der Waals surface area contributed by atoms with Crippen LogP contribution in [0.1, 0.15) is 36.6 Å². The van der Waals surface area contributed by atoms with Crippen molar-refractivity contribution in [2.45, 2.75) is 0 Å². The van der Waals surface area contributed by atoms with Crippen LogP contribution in [0.3, 0.4) is 0 Å². The number of carbonyl (C=O) groups is 3. The Labute approximate surface area is 253 Å². The summed E-state index contributed by atoms with van der Waals surface area (Å²) < 4.78 is 2.00. The van der Waals surface area contributed by atoms with Gasteiger partial charge in [0.25, 0.3) is 11.8 Å². The van der Waals surface area contributed by atoms with Crippen molar-refractivity contribution in [1.82, 2.24) is 4.57 Å². The zero-order valence-corrected chi connectivity index (χ0v) is 23.5. The van der Waals surface area contributed by atoms with Gasteiger partial charge in [-0.2, -0.15) is 0 Å². The van der Waals surface area contributed by atoms with E-state index in [1.807, 2.05) is 144 Å². The summed E-state index contributed by atoms with van der Waals surface area (Å²) in [4.78, 5) is 43.4. The third-order valence-electron chi connectivity index (χ3n) is 8.34. The first-order valence-electron chi connectivity index (χ1n) is 14.4. The fraction of sp³-hybridized carbons (Fsp3) is 0. The zero-order chi connectivity index (χ0) is 29.8. The van der Waals surface area contributed by atoms with Crippen LogP contribution < -0.4 is 4.90 Å². The van der Waals surface area contributed by atoms with Crippen LogP contribution in [0.5, 0.6) is 0 Å². The van der Waals surface area contributed by atoms with E-state index in [0.29, 0.717) is 33.6 Å². The van der Waals surface area contributed by atoms with E-state index >= 15 is 0 Å². The molecule has 7 aromatic rings. The van der Waals surface area contributed by atoms with Crippen LogP contribution >= 0.6 is 0 Å². The average molecular weight is 569 g/mol. The number of rotatable bonds is 5. The second-order valence-corrected chi connectivity index (χ2v) is 10.8. The predicted molar refractivity (Wildman–Crippen MR) is 174 cm³/mol. The smallest absolute Gasteiger partial charge is 0.268 e. The van der Waals surface area contributed by atoms with Crippen molar-refractivity contribution >= 4 is 45.1 Å². The van der Waals surface area contributed by atoms with Crippen molar-refractivity contribution in [1.29, 1.82) is 0 Å². The lowest BCUT2D eigenvalue weighted by atomic mass is 9.98. The summed E-state index contributed by atoms with van der Waals surface area (Å²) >= 11 is 0. The van der Waals surface area contributed by atoms with E-state index in [-0.39, 0.29) is 17.6 Å². The van der Waals surface area contributed by atoms with Crippen molar-refractivity contribution in [2.75, 3.05) is 4.90 Å². The van der Waals surface area contributed by atoms with E-state index in [2.05, 4.69) is 0 Å². The monoisotopic (exact) mass is 568 g/mol. The molecule has 1 aliphatic rings. The number of anilines is 1. The van der Waals surface area contributed by atoms with E-state index in [1.165, 1.54) is 4.90 Å². The first-order valence-corrected chi connectivity index (χ1v) is 14.4. The Balaban J connectivity index is 1.35. The van der Waals surface area contributed by atoms with Gasteiger partial charge in [0.2, 0.25) is 0 Å². The molecule has 0 saturated heterocycles. The number of amides is 2. The highest BCUT2D eigenvalue weighted by Crippen LogP contribution is 2.41. The first kappa shape index (κ1) is 25.6. The minimum Gasteiger partial charge on any atom is -0.308 e. The number of benzene rings is 6. The number of carbonyl (C=O) groups excluding carboxylic acids is 3. The van der Waals surface area contributed by atoms with E-state index < -0.39 is 0 Å². The molecule has 0 spiro atoms. The Kier molecular flexibility index (Phi) is 5.84. The number of imide groups is 1. The fourth-order valence-corrected chi connectivity index (χ4v) is 6.42. The zero-order valence-electron chi connectivity index (χ0n) is 23.5. The Hall–Kier alpha value is -6.07. The van der Waals surface area contributed by atoms with Crippen LogP contribution in [-0.2, 0) is 0 Å². The molecular formula is C39H24N2O3. The molecule has 0 fully saturated rings. The Morgan fingerprint density at radius 1 is 0.500 bits per heavy atom. The minimum absolute atomic E-state index is 0.0765. The first-order chi connectivity index (χ1) is 21.6. The van der Waals surface area contributed by atoms with Crippen LogP contribution in [0.2, 0.25) is 0 Å². The fourth-order valence-electron chi connectivity index (χ4n) is 6.42. The van der Waals surface area contributed by atoms with Crippen molar-refractivity contribution in [3.63, 3.8) is 0 Å². The Morgan fingerprint density at radius 2 is 1.11 bits per heavy atom. The molecule has 2 amide bonds. The SMILES string of the molecule is O=C(c1ccccc1)c1cccc2c1c1ccccc1n2-c1cccc2c1C(=O)N(c1ccccc1-c1ccccc1)C2=O. The summed E-state index contributed by atoms with van der Waals surface area (Å²) in [6.45, 7) is 0. The summed E-state index contributed by atoms with van der Waals surface area (Å²) in [5, 5.41) is 1.70. The van der Waals surface area contributed by atoms with E-state index in [9.17, 15) is 14.4 Å². The van der Waals surface area contributed by atoms with E-state index in [4.69, 9.17) is 0 Å². The number of para-hydroxylation sites is 2. The molecule has 44 heavy (non-hydrogen) atoms. The summed E-state index contributed by atoms with van der Waals surface area (Å²) in [5.41, 5.74) is 6.33. The molecule has 208 valence electrons. The predicted octanol–water partition coefficient (Wildman–Crippen LogP) is 8.48. The normalized spacial score (nSPS) is 12.7. The van der Waals surface area contributed by atoms with Crippen molar-refractivity contribution in [3.8, 4) is 16.8 Å². The lowest BCUT2D eigenvalue weighted by Crippen LogP contribution is -2.30. The molecule has 1 aromatic heterocycles. The number of fused-ring (bicyclic) bond motifs is 4. The van der Waals surface area contributed by atoms with Gasteiger partial charge in [-0.15, -0.1) is 0 Å². The number of hydrogen-bond acceptors (Lipinski definition) is 3. The van der Waals surface area contributed by atoms with Crippen LogP contribution in [0.25, 0.3) is 38.6 Å². The summed E-state index contributed by atoms with van der Waals surface area (Å²) in [7, 11) is 0. The molecule has 0 saturated carbocycles. The topological polar surface area (TPSA) is 59.4 Å². The van der Waals surface area contributed by atoms with Crippen LogP contribution in [-0.4, -0.2) is 22.2 Å². The molecule has 0 atom stereocenters. The highest BCUT2D eigenvalue weighted by atomic mass is 16.2. The maximum absolute atomic E-state index is 14.4. The maximum atomic E-state index is 14.4. The molecule has 0 bridgehead atoms. The lowest BCUT2D eigenvalue weighted by Gasteiger charge is -2.18. The van der Waals surface area contributed by atoms with Gasteiger partial charge in [0.15, 0.2) is 5.78 Å². The minimum atomic E-state index is -0.383. The van der Waals surface area contributed by atoms with Gasteiger partial charge in [-0.05, 0) is 35.9 Å². The summed E-state index contributed by atoms with van der Waals surface area (Å²) in [6, 6.07) is 45.4. The van der Waals surface area contributed by atoms with Gasteiger partial charge >= 0.3 is 0 Å². The Bertz CT molecular complexity index is 2280. The van der Waals surface area contributed by atoms with Gasteiger partial charge in [-0.3, -0.25) is 14.4 Å². The van der Waals surface area contributed by atoms with E-state index in [0.717, 1.165) is 32.9 Å². The third-order valence-corrected chi connectivity index (χ3v) is 8.34. The highest BCUT2D eigenvalue weighted by molar-refractivity contribution is 6.36. The average Bonchev–Trinajstić information content (AvgIpc) is 3.56. The molecule has 6 aromatic carbocycles. The molecule has 0 unspecified atom stereocenters. The molecule has 8 rings (SSSR count). The molecule has 5 heteroatoms.